The van der Waals surface area contributed by atoms with Crippen LogP contribution in [0.25, 0.3) is 15.8 Å². The van der Waals surface area contributed by atoms with Crippen LogP contribution >= 0.6 is 11.3 Å². The van der Waals surface area contributed by atoms with E-state index in [4.69, 9.17) is 4.74 Å². The second-order valence-corrected chi connectivity index (χ2v) is 6.43. The zero-order valence-corrected chi connectivity index (χ0v) is 15.0. The number of carbonyl (C=O) groups is 1. The van der Waals surface area contributed by atoms with Crippen LogP contribution in [-0.4, -0.2) is 29.3 Å². The number of hydrogen-bond donors (Lipinski definition) is 1. The predicted molar refractivity (Wildman–Crippen MR) is 98.1 cm³/mol. The Kier molecular flexibility index (Phi) is 5.81. The van der Waals surface area contributed by atoms with Crippen molar-refractivity contribution in [2.75, 3.05) is 6.61 Å². The molecule has 1 aromatic heterocycles. The van der Waals surface area contributed by atoms with Gasteiger partial charge in [0.1, 0.15) is 29.0 Å². The van der Waals surface area contributed by atoms with Crippen LogP contribution in [0.3, 0.4) is 0 Å². The lowest BCUT2D eigenvalue weighted by Gasteiger charge is -2.08. The van der Waals surface area contributed by atoms with E-state index < -0.39 is 24.9 Å². The third kappa shape index (κ3) is 4.42. The molecule has 142 valence electrons. The van der Waals surface area contributed by atoms with Crippen LogP contribution in [0.1, 0.15) is 15.4 Å². The van der Waals surface area contributed by atoms with Gasteiger partial charge in [0.15, 0.2) is 5.76 Å². The van der Waals surface area contributed by atoms with E-state index in [9.17, 15) is 23.9 Å². The van der Waals surface area contributed by atoms with E-state index in [1.165, 1.54) is 29.5 Å². The van der Waals surface area contributed by atoms with Crippen molar-refractivity contribution < 1.29 is 28.2 Å². The third-order valence-corrected chi connectivity index (χ3v) is 4.60. The number of aliphatic hydroxyl groups is 1. The van der Waals surface area contributed by atoms with Gasteiger partial charge in [-0.25, -0.2) is 9.78 Å². The average molecular weight is 402 g/mol. The summed E-state index contributed by atoms with van der Waals surface area (Å²) in [6.45, 7) is -3.59. The fourth-order valence-electron chi connectivity index (χ4n) is 2.30. The molecule has 0 spiro atoms. The number of para-hydroxylation sites is 1. The molecule has 1 heterocycles. The van der Waals surface area contributed by atoms with Crippen molar-refractivity contribution in [3.05, 3.63) is 64.9 Å². The number of aromatic nitrogens is 1. The maximum Gasteiger partial charge on any atom is 0.387 e. The molecule has 0 aliphatic carbocycles. The monoisotopic (exact) mass is 402 g/mol. The summed E-state index contributed by atoms with van der Waals surface area (Å²) in [4.78, 5) is 16.4. The van der Waals surface area contributed by atoms with Crippen molar-refractivity contribution in [3.63, 3.8) is 0 Å². The van der Waals surface area contributed by atoms with Crippen molar-refractivity contribution in [2.24, 2.45) is 0 Å². The van der Waals surface area contributed by atoms with Crippen LogP contribution in [0.15, 0.2) is 54.3 Å². The fourth-order valence-corrected chi connectivity index (χ4v) is 3.29. The number of nitrogens with zero attached hydrogens (tertiary/aromatic N) is 2. The molecule has 0 radical (unpaired) electrons. The minimum Gasteiger partial charge on any atom is -0.507 e. The van der Waals surface area contributed by atoms with E-state index >= 15 is 0 Å². The Balaban J connectivity index is 1.75. The Labute approximate surface area is 161 Å². The number of esters is 1. The highest BCUT2D eigenvalue weighted by Crippen LogP contribution is 2.28. The first-order chi connectivity index (χ1) is 13.5. The van der Waals surface area contributed by atoms with Gasteiger partial charge < -0.3 is 14.6 Å². The molecule has 0 atom stereocenters. The van der Waals surface area contributed by atoms with Gasteiger partial charge in [-0.2, -0.15) is 14.0 Å². The van der Waals surface area contributed by atoms with E-state index in [2.05, 4.69) is 9.72 Å². The van der Waals surface area contributed by atoms with Gasteiger partial charge in [0.25, 0.3) is 0 Å². The average Bonchev–Trinajstić information content (AvgIpc) is 3.10. The number of alkyl halides is 2. The van der Waals surface area contributed by atoms with E-state index in [-0.39, 0.29) is 16.9 Å². The molecule has 3 aromatic rings. The van der Waals surface area contributed by atoms with Gasteiger partial charge in [0.2, 0.25) is 0 Å². The standard InChI is InChI=1S/C19H12F2N2O4S/c20-19(21)27-12-5-3-4-11(8-12)18(25)26-10-15(24)13(9-22)17-23-14-6-1-2-7-16(14)28-17/h1-8,19,24H,10H2. The minimum absolute atomic E-state index is 0.0376. The van der Waals surface area contributed by atoms with Crippen LogP contribution in [0, 0.1) is 11.3 Å². The Morgan fingerprint density at radius 3 is 2.75 bits per heavy atom. The highest BCUT2D eigenvalue weighted by atomic mass is 32.1. The molecule has 0 bridgehead atoms. The van der Waals surface area contributed by atoms with Gasteiger partial charge in [0.05, 0.1) is 15.8 Å². The molecular weight excluding hydrogens is 390 g/mol. The van der Waals surface area contributed by atoms with E-state index in [0.717, 1.165) is 10.8 Å². The van der Waals surface area contributed by atoms with Crippen LogP contribution in [0.4, 0.5) is 8.78 Å². The topological polar surface area (TPSA) is 92.4 Å². The third-order valence-electron chi connectivity index (χ3n) is 3.54. The van der Waals surface area contributed by atoms with Crippen molar-refractivity contribution in [1.29, 1.82) is 5.26 Å². The van der Waals surface area contributed by atoms with Gasteiger partial charge in [-0.3, -0.25) is 0 Å². The van der Waals surface area contributed by atoms with Crippen molar-refractivity contribution in [3.8, 4) is 11.8 Å². The van der Waals surface area contributed by atoms with Crippen molar-refractivity contribution in [2.45, 2.75) is 6.61 Å². The lowest BCUT2D eigenvalue weighted by Crippen LogP contribution is -2.10. The number of thiazole rings is 1. The highest BCUT2D eigenvalue weighted by Gasteiger charge is 2.16. The van der Waals surface area contributed by atoms with Crippen molar-refractivity contribution in [1.82, 2.24) is 4.98 Å². The van der Waals surface area contributed by atoms with Gasteiger partial charge in [0, 0.05) is 0 Å². The number of ether oxygens (including phenoxy) is 2. The molecule has 1 N–H and O–H groups in total. The zero-order valence-electron chi connectivity index (χ0n) is 14.1. The molecule has 0 saturated carbocycles. The number of rotatable bonds is 6. The Hall–Kier alpha value is -3.51. The summed E-state index contributed by atoms with van der Waals surface area (Å²) in [5.74, 6) is -1.53. The summed E-state index contributed by atoms with van der Waals surface area (Å²) in [6, 6.07) is 14.1. The van der Waals surface area contributed by atoms with Crippen LogP contribution in [0.2, 0.25) is 0 Å². The predicted octanol–water partition coefficient (Wildman–Crippen LogP) is 4.55. The van der Waals surface area contributed by atoms with Crippen LogP contribution < -0.4 is 4.74 Å². The lowest BCUT2D eigenvalue weighted by atomic mass is 10.2. The minimum atomic E-state index is -3.02. The molecule has 0 amide bonds. The summed E-state index contributed by atoms with van der Waals surface area (Å²) >= 11 is 1.22. The number of hydrogen-bond acceptors (Lipinski definition) is 7. The molecule has 0 unspecified atom stereocenters. The number of fused-ring (bicyclic) bond motifs is 1. The van der Waals surface area contributed by atoms with E-state index in [0.29, 0.717) is 10.5 Å². The van der Waals surface area contributed by atoms with Gasteiger partial charge in [-0.15, -0.1) is 11.3 Å². The van der Waals surface area contributed by atoms with E-state index in [1.807, 2.05) is 18.2 Å². The van der Waals surface area contributed by atoms with Crippen LogP contribution in [-0.2, 0) is 4.74 Å². The summed E-state index contributed by atoms with van der Waals surface area (Å²) < 4.78 is 34.5. The summed E-state index contributed by atoms with van der Waals surface area (Å²) in [5.41, 5.74) is 0.532. The molecule has 0 aliphatic rings. The number of halogens is 2. The molecule has 0 saturated heterocycles. The van der Waals surface area contributed by atoms with Crippen molar-refractivity contribution >= 4 is 33.1 Å². The Morgan fingerprint density at radius 1 is 1.25 bits per heavy atom. The lowest BCUT2D eigenvalue weighted by molar-refractivity contribution is -0.0499. The van der Waals surface area contributed by atoms with Gasteiger partial charge >= 0.3 is 12.6 Å². The summed E-state index contributed by atoms with van der Waals surface area (Å²) in [5, 5.41) is 19.8. The number of nitriles is 1. The Morgan fingerprint density at radius 2 is 2.04 bits per heavy atom. The fraction of sp³-hybridized carbons (Fsp3) is 0.105. The highest BCUT2D eigenvalue weighted by molar-refractivity contribution is 7.19. The number of benzene rings is 2. The van der Waals surface area contributed by atoms with Crippen LogP contribution in [0.5, 0.6) is 5.75 Å². The Bertz CT molecular complexity index is 1060. The molecule has 0 fully saturated rings. The molecule has 0 aliphatic heterocycles. The second kappa shape index (κ2) is 8.45. The summed E-state index contributed by atoms with van der Waals surface area (Å²) in [6.07, 6.45) is 0. The maximum absolute atomic E-state index is 12.3. The molecule has 28 heavy (non-hydrogen) atoms. The molecule has 9 heteroatoms. The number of carbonyl (C=O) groups excluding carboxylic acids is 1. The smallest absolute Gasteiger partial charge is 0.387 e. The first-order valence-electron chi connectivity index (χ1n) is 7.88. The largest absolute Gasteiger partial charge is 0.507 e. The number of aliphatic hydroxyl groups excluding tert-OH is 1. The first kappa shape index (κ1) is 19.3. The van der Waals surface area contributed by atoms with Gasteiger partial charge in [-0.05, 0) is 30.3 Å². The normalized spacial score (nSPS) is 11.8. The maximum atomic E-state index is 12.3. The first-order valence-corrected chi connectivity index (χ1v) is 8.69. The van der Waals surface area contributed by atoms with Gasteiger partial charge in [-0.1, -0.05) is 18.2 Å². The second-order valence-electron chi connectivity index (χ2n) is 5.40. The molecule has 3 rings (SSSR count). The number of allylic oxidation sites excluding steroid dienone is 1. The SMILES string of the molecule is N#CC(=C(O)COC(=O)c1cccc(OC(F)F)c1)c1nc2ccccc2s1. The summed E-state index contributed by atoms with van der Waals surface area (Å²) in [7, 11) is 0. The molecular formula is C19H12F2N2O4S. The molecule has 6 nitrogen and oxygen atoms in total. The van der Waals surface area contributed by atoms with E-state index in [1.54, 1.807) is 12.1 Å². The molecule has 2 aromatic carbocycles. The quantitative estimate of drug-likeness (QED) is 0.369. The zero-order chi connectivity index (χ0) is 20.1.